The molecule has 1 saturated heterocycles. The van der Waals surface area contributed by atoms with Gasteiger partial charge in [-0.2, -0.15) is 22.1 Å². The summed E-state index contributed by atoms with van der Waals surface area (Å²) in [4.78, 5) is 8.98. The molecule has 1 aliphatic rings. The predicted molar refractivity (Wildman–Crippen MR) is 94.9 cm³/mol. The summed E-state index contributed by atoms with van der Waals surface area (Å²) in [7, 11) is -0.206. The lowest BCUT2D eigenvalue weighted by Crippen LogP contribution is -2.38. The van der Waals surface area contributed by atoms with E-state index >= 15 is 0 Å². The van der Waals surface area contributed by atoms with Gasteiger partial charge in [-0.25, -0.2) is 4.98 Å². The van der Waals surface area contributed by atoms with Crippen molar-refractivity contribution in [2.75, 3.05) is 27.2 Å². The zero-order valence-corrected chi connectivity index (χ0v) is 15.6. The van der Waals surface area contributed by atoms with Crippen molar-refractivity contribution < 1.29 is 8.42 Å². The molecule has 0 N–H and O–H groups in total. The summed E-state index contributed by atoms with van der Waals surface area (Å²) >= 11 is 0. The smallest absolute Gasteiger partial charge is 0.272 e. The van der Waals surface area contributed by atoms with Crippen LogP contribution < -0.4 is 0 Å². The van der Waals surface area contributed by atoms with Gasteiger partial charge in [0, 0.05) is 51.7 Å². The van der Waals surface area contributed by atoms with E-state index in [1.54, 1.807) is 37.0 Å². The highest BCUT2D eigenvalue weighted by Crippen LogP contribution is 2.24. The molecule has 0 aromatic carbocycles. The molecule has 0 saturated carbocycles. The molecule has 0 radical (unpaired) electrons. The molecule has 0 aliphatic carbocycles. The van der Waals surface area contributed by atoms with Crippen molar-refractivity contribution in [2.45, 2.75) is 26.3 Å². The molecule has 25 heavy (non-hydrogen) atoms. The van der Waals surface area contributed by atoms with Crippen LogP contribution in [0.1, 0.15) is 19.0 Å². The lowest BCUT2D eigenvalue weighted by molar-refractivity contribution is 0.409. The summed E-state index contributed by atoms with van der Waals surface area (Å²) in [6.07, 6.45) is 8.80. The Balaban J connectivity index is 1.69. The van der Waals surface area contributed by atoms with Crippen LogP contribution >= 0.6 is 0 Å². The van der Waals surface area contributed by atoms with Crippen LogP contribution in [0.25, 0.3) is 11.3 Å². The molecule has 0 bridgehead atoms. The monoisotopic (exact) mass is 364 g/mol. The number of aryl methyl sites for hydroxylation is 1. The summed E-state index contributed by atoms with van der Waals surface area (Å²) in [6, 6.07) is 0. The lowest BCUT2D eigenvalue weighted by Gasteiger charge is -2.20. The number of rotatable bonds is 6. The second-order valence-electron chi connectivity index (χ2n) is 6.49. The topological polar surface area (TPSA) is 84.2 Å². The maximum Gasteiger partial charge on any atom is 0.281 e. The summed E-state index contributed by atoms with van der Waals surface area (Å²) in [6.45, 7) is 3.93. The van der Waals surface area contributed by atoms with Crippen LogP contribution in [0, 0.1) is 5.92 Å². The van der Waals surface area contributed by atoms with Crippen molar-refractivity contribution in [3.8, 4) is 11.3 Å². The standard InChI is InChI=1S/C16H24N6O2S/c1-4-21-12-14(8-18-21)16-10-17-9-15(19-16)7-13-5-6-22(11-13)25(23,24)20(2)3/h8-10,12-13H,4-7,11H2,1-3H3/t13-/m0/s1. The van der Waals surface area contributed by atoms with Gasteiger partial charge in [0.2, 0.25) is 0 Å². The van der Waals surface area contributed by atoms with Crippen molar-refractivity contribution in [3.05, 3.63) is 30.5 Å². The quantitative estimate of drug-likeness (QED) is 0.764. The van der Waals surface area contributed by atoms with Crippen LogP contribution in [-0.4, -0.2) is 64.0 Å². The zero-order chi connectivity index (χ0) is 18.0. The molecule has 136 valence electrons. The van der Waals surface area contributed by atoms with Crippen LogP contribution in [0.2, 0.25) is 0 Å². The fraction of sp³-hybridized carbons (Fsp3) is 0.562. The first-order valence-corrected chi connectivity index (χ1v) is 9.81. The average Bonchev–Trinajstić information content (AvgIpc) is 3.24. The summed E-state index contributed by atoms with van der Waals surface area (Å²) < 4.78 is 29.1. The van der Waals surface area contributed by atoms with Gasteiger partial charge in [-0.05, 0) is 25.7 Å². The van der Waals surface area contributed by atoms with Crippen LogP contribution in [-0.2, 0) is 23.2 Å². The van der Waals surface area contributed by atoms with Gasteiger partial charge in [-0.1, -0.05) is 0 Å². The fourth-order valence-electron chi connectivity index (χ4n) is 3.01. The minimum Gasteiger partial charge on any atom is -0.272 e. The molecule has 3 rings (SSSR count). The number of hydrogen-bond acceptors (Lipinski definition) is 5. The molecule has 1 atom stereocenters. The number of nitrogens with zero attached hydrogens (tertiary/aromatic N) is 6. The Labute approximate surface area is 148 Å². The van der Waals surface area contributed by atoms with E-state index in [2.05, 4.69) is 15.1 Å². The van der Waals surface area contributed by atoms with Crippen LogP contribution in [0.15, 0.2) is 24.8 Å². The minimum atomic E-state index is -3.33. The van der Waals surface area contributed by atoms with Gasteiger partial charge in [0.15, 0.2) is 0 Å². The van der Waals surface area contributed by atoms with Gasteiger partial charge < -0.3 is 0 Å². The molecule has 2 aromatic heterocycles. The van der Waals surface area contributed by atoms with E-state index in [4.69, 9.17) is 0 Å². The first-order chi connectivity index (χ1) is 11.9. The van der Waals surface area contributed by atoms with Gasteiger partial charge in [-0.15, -0.1) is 0 Å². The van der Waals surface area contributed by atoms with E-state index in [1.807, 2.05) is 17.8 Å². The van der Waals surface area contributed by atoms with Gasteiger partial charge in [0.25, 0.3) is 10.2 Å². The highest BCUT2D eigenvalue weighted by atomic mass is 32.2. The normalized spacial score (nSPS) is 19.0. The minimum absolute atomic E-state index is 0.262. The average molecular weight is 364 g/mol. The van der Waals surface area contributed by atoms with Crippen molar-refractivity contribution in [2.24, 2.45) is 5.92 Å². The van der Waals surface area contributed by atoms with Crippen molar-refractivity contribution >= 4 is 10.2 Å². The summed E-state index contributed by atoms with van der Waals surface area (Å²) in [5, 5.41) is 4.27. The Hall–Kier alpha value is -1.84. The van der Waals surface area contributed by atoms with Crippen molar-refractivity contribution in [3.63, 3.8) is 0 Å². The van der Waals surface area contributed by atoms with Gasteiger partial charge >= 0.3 is 0 Å². The fourth-order valence-corrected chi connectivity index (χ4v) is 4.21. The zero-order valence-electron chi connectivity index (χ0n) is 14.8. The van der Waals surface area contributed by atoms with Crippen molar-refractivity contribution in [1.82, 2.24) is 28.4 Å². The Morgan fingerprint density at radius 2 is 2.08 bits per heavy atom. The van der Waals surface area contributed by atoms with E-state index in [0.29, 0.717) is 13.1 Å². The second kappa shape index (κ2) is 7.19. The summed E-state index contributed by atoms with van der Waals surface area (Å²) in [5.41, 5.74) is 2.63. The maximum atomic E-state index is 12.2. The molecule has 0 spiro atoms. The Morgan fingerprint density at radius 3 is 2.76 bits per heavy atom. The SMILES string of the molecule is CCn1cc(-c2cncc(C[C@@H]3CCN(S(=O)(=O)N(C)C)C3)n2)cn1. The highest BCUT2D eigenvalue weighted by molar-refractivity contribution is 7.86. The maximum absolute atomic E-state index is 12.2. The Bertz CT molecular complexity index is 833. The van der Waals surface area contributed by atoms with Crippen LogP contribution in [0.5, 0.6) is 0 Å². The van der Waals surface area contributed by atoms with Gasteiger partial charge in [0.1, 0.15) is 0 Å². The molecule has 3 heterocycles. The third kappa shape index (κ3) is 3.88. The van der Waals surface area contributed by atoms with Crippen LogP contribution in [0.4, 0.5) is 0 Å². The molecule has 0 unspecified atom stereocenters. The molecular formula is C16H24N6O2S. The van der Waals surface area contributed by atoms with E-state index in [-0.39, 0.29) is 5.92 Å². The second-order valence-corrected chi connectivity index (χ2v) is 8.63. The van der Waals surface area contributed by atoms with Gasteiger partial charge in [-0.3, -0.25) is 9.67 Å². The third-order valence-corrected chi connectivity index (χ3v) is 6.38. The van der Waals surface area contributed by atoms with Crippen LogP contribution in [0.3, 0.4) is 0 Å². The molecule has 2 aromatic rings. The molecular weight excluding hydrogens is 340 g/mol. The molecule has 1 fully saturated rings. The Kier molecular flexibility index (Phi) is 5.16. The van der Waals surface area contributed by atoms with Crippen molar-refractivity contribution in [1.29, 1.82) is 0 Å². The highest BCUT2D eigenvalue weighted by Gasteiger charge is 2.32. The van der Waals surface area contributed by atoms with E-state index in [0.717, 1.165) is 36.3 Å². The molecule has 8 nitrogen and oxygen atoms in total. The molecule has 9 heteroatoms. The number of aromatic nitrogens is 4. The largest absolute Gasteiger partial charge is 0.281 e. The third-order valence-electron chi connectivity index (χ3n) is 4.47. The first-order valence-electron chi connectivity index (χ1n) is 8.41. The Morgan fingerprint density at radius 1 is 1.28 bits per heavy atom. The van der Waals surface area contributed by atoms with E-state index < -0.39 is 10.2 Å². The van der Waals surface area contributed by atoms with E-state index in [9.17, 15) is 8.42 Å². The van der Waals surface area contributed by atoms with E-state index in [1.165, 1.54) is 4.31 Å². The van der Waals surface area contributed by atoms with Gasteiger partial charge in [0.05, 0.1) is 23.8 Å². The number of hydrogen-bond donors (Lipinski definition) is 0. The molecule has 0 amide bonds. The summed E-state index contributed by atoms with van der Waals surface area (Å²) in [5.74, 6) is 0.262. The predicted octanol–water partition coefficient (Wildman–Crippen LogP) is 1.03. The first kappa shape index (κ1) is 18.0. The molecule has 1 aliphatic heterocycles. The lowest BCUT2D eigenvalue weighted by atomic mass is 10.0.